The van der Waals surface area contributed by atoms with Crippen LogP contribution in [0.1, 0.15) is 31.0 Å². The van der Waals surface area contributed by atoms with E-state index in [0.717, 1.165) is 21.0 Å². The van der Waals surface area contributed by atoms with E-state index < -0.39 is 0 Å². The Morgan fingerprint density at radius 1 is 1.20 bits per heavy atom. The highest BCUT2D eigenvalue weighted by Crippen LogP contribution is 2.23. The van der Waals surface area contributed by atoms with Gasteiger partial charge in [0.05, 0.1) is 12.6 Å². The maximum atomic E-state index is 12.0. The molecule has 4 nitrogen and oxygen atoms in total. The van der Waals surface area contributed by atoms with Crippen LogP contribution in [0, 0.1) is 0 Å². The first-order valence-corrected chi connectivity index (χ1v) is 9.00. The number of halogens is 1. The Balaban J connectivity index is 1.71. The molecule has 0 aliphatic heterocycles. The molecule has 3 rings (SSSR count). The first kappa shape index (κ1) is 17.4. The molecular formula is C20H20BrN3O. The molecular weight excluding hydrogens is 378 g/mol. The number of hydrogen-bond acceptors (Lipinski definition) is 2. The van der Waals surface area contributed by atoms with E-state index in [0.29, 0.717) is 12.5 Å². The van der Waals surface area contributed by atoms with Crippen LogP contribution in [-0.4, -0.2) is 16.7 Å². The lowest BCUT2D eigenvalue weighted by Crippen LogP contribution is -2.19. The van der Waals surface area contributed by atoms with Crippen LogP contribution in [-0.2, 0) is 11.2 Å². The van der Waals surface area contributed by atoms with Gasteiger partial charge < -0.3 is 4.57 Å². The van der Waals surface area contributed by atoms with Gasteiger partial charge in [-0.05, 0) is 37.6 Å². The number of carbonyl (C=O) groups is 1. The van der Waals surface area contributed by atoms with E-state index in [9.17, 15) is 4.79 Å². The van der Waals surface area contributed by atoms with Gasteiger partial charge in [0, 0.05) is 33.2 Å². The molecule has 1 heterocycles. The molecule has 0 bridgehead atoms. The summed E-state index contributed by atoms with van der Waals surface area (Å²) < 4.78 is 3.21. The molecule has 0 fully saturated rings. The van der Waals surface area contributed by atoms with Crippen LogP contribution in [0.5, 0.6) is 0 Å². The minimum Gasteiger partial charge on any atom is -0.344 e. The van der Waals surface area contributed by atoms with Crippen molar-refractivity contribution in [2.75, 3.05) is 0 Å². The van der Waals surface area contributed by atoms with Crippen molar-refractivity contribution in [3.8, 4) is 0 Å². The van der Waals surface area contributed by atoms with E-state index in [1.165, 1.54) is 5.52 Å². The van der Waals surface area contributed by atoms with E-state index in [-0.39, 0.29) is 5.91 Å². The summed E-state index contributed by atoms with van der Waals surface area (Å²) >= 11 is 3.39. The lowest BCUT2D eigenvalue weighted by atomic mass is 10.1. The van der Waals surface area contributed by atoms with Crippen LogP contribution in [0.25, 0.3) is 10.9 Å². The molecule has 0 unspecified atom stereocenters. The zero-order chi connectivity index (χ0) is 17.8. The van der Waals surface area contributed by atoms with Crippen molar-refractivity contribution < 1.29 is 4.79 Å². The second-order valence-corrected chi connectivity index (χ2v) is 7.11. The van der Waals surface area contributed by atoms with Crippen molar-refractivity contribution in [2.45, 2.75) is 26.3 Å². The highest BCUT2D eigenvalue weighted by Gasteiger charge is 2.08. The topological polar surface area (TPSA) is 46.4 Å². The van der Waals surface area contributed by atoms with E-state index in [2.05, 4.69) is 63.2 Å². The fraction of sp³-hybridized carbons (Fsp3) is 0.200. The molecule has 3 aromatic rings. The van der Waals surface area contributed by atoms with E-state index in [4.69, 9.17) is 0 Å². The summed E-state index contributed by atoms with van der Waals surface area (Å²) in [4.78, 5) is 12.0. The first-order valence-electron chi connectivity index (χ1n) is 8.20. The smallest absolute Gasteiger partial charge is 0.244 e. The largest absolute Gasteiger partial charge is 0.344 e. The predicted octanol–water partition coefficient (Wildman–Crippen LogP) is 4.68. The summed E-state index contributed by atoms with van der Waals surface area (Å²) in [5.41, 5.74) is 5.72. The van der Waals surface area contributed by atoms with Crippen LogP contribution < -0.4 is 5.43 Å². The van der Waals surface area contributed by atoms with Crippen molar-refractivity contribution in [1.29, 1.82) is 0 Å². The minimum atomic E-state index is -0.133. The summed E-state index contributed by atoms with van der Waals surface area (Å²) in [5, 5.41) is 5.26. The zero-order valence-corrected chi connectivity index (χ0v) is 15.8. The van der Waals surface area contributed by atoms with Gasteiger partial charge in [-0.15, -0.1) is 0 Å². The molecule has 0 aliphatic carbocycles. The molecule has 0 saturated heterocycles. The van der Waals surface area contributed by atoms with Gasteiger partial charge in [-0.1, -0.05) is 46.3 Å². The second kappa shape index (κ2) is 7.66. The zero-order valence-electron chi connectivity index (χ0n) is 14.2. The molecule has 25 heavy (non-hydrogen) atoms. The molecule has 1 N–H and O–H groups in total. The van der Waals surface area contributed by atoms with Crippen LogP contribution in [0.3, 0.4) is 0 Å². The molecule has 1 amide bonds. The molecule has 128 valence electrons. The van der Waals surface area contributed by atoms with Crippen LogP contribution >= 0.6 is 15.9 Å². The molecule has 2 aromatic carbocycles. The van der Waals surface area contributed by atoms with E-state index in [1.807, 2.05) is 36.4 Å². The summed E-state index contributed by atoms with van der Waals surface area (Å²) in [6, 6.07) is 16.3. The van der Waals surface area contributed by atoms with Gasteiger partial charge in [0.1, 0.15) is 0 Å². The molecule has 0 saturated carbocycles. The third kappa shape index (κ3) is 4.17. The van der Waals surface area contributed by atoms with Crippen molar-refractivity contribution in [1.82, 2.24) is 9.99 Å². The monoisotopic (exact) mass is 397 g/mol. The first-order chi connectivity index (χ1) is 12.0. The average molecular weight is 398 g/mol. The maximum absolute atomic E-state index is 12.0. The number of amides is 1. The molecule has 5 heteroatoms. The van der Waals surface area contributed by atoms with Crippen molar-refractivity contribution >= 4 is 39.0 Å². The fourth-order valence-electron chi connectivity index (χ4n) is 2.76. The highest BCUT2D eigenvalue weighted by molar-refractivity contribution is 9.10. The van der Waals surface area contributed by atoms with Gasteiger partial charge in [-0.3, -0.25) is 4.79 Å². The van der Waals surface area contributed by atoms with E-state index in [1.54, 1.807) is 6.21 Å². The Kier molecular flexibility index (Phi) is 5.34. The van der Waals surface area contributed by atoms with Gasteiger partial charge in [0.2, 0.25) is 5.91 Å². The summed E-state index contributed by atoms with van der Waals surface area (Å²) in [6.45, 7) is 4.29. The number of aromatic nitrogens is 1. The Bertz CT molecular complexity index is 910. The average Bonchev–Trinajstić information content (AvgIpc) is 2.96. The number of para-hydroxylation sites is 1. The number of nitrogens with one attached hydrogen (secondary N) is 1. The Hall–Kier alpha value is -2.40. The number of hydrogen-bond donors (Lipinski definition) is 1. The van der Waals surface area contributed by atoms with Crippen LogP contribution in [0.15, 0.2) is 64.3 Å². The summed E-state index contributed by atoms with van der Waals surface area (Å²) in [5.74, 6) is -0.133. The van der Waals surface area contributed by atoms with E-state index >= 15 is 0 Å². The van der Waals surface area contributed by atoms with Crippen LogP contribution in [0.4, 0.5) is 0 Å². The van der Waals surface area contributed by atoms with Gasteiger partial charge in [-0.2, -0.15) is 5.10 Å². The molecule has 1 aromatic heterocycles. The third-order valence-corrected chi connectivity index (χ3v) is 4.53. The van der Waals surface area contributed by atoms with Gasteiger partial charge in [0.25, 0.3) is 0 Å². The lowest BCUT2D eigenvalue weighted by Gasteiger charge is -2.08. The highest BCUT2D eigenvalue weighted by atomic mass is 79.9. The normalized spacial score (nSPS) is 11.5. The predicted molar refractivity (Wildman–Crippen MR) is 106 cm³/mol. The molecule has 0 spiro atoms. The SMILES string of the molecule is CC(C)n1cc(/C=N\NC(=O)Cc2ccc(Br)cc2)c2ccccc21. The number of rotatable bonds is 5. The van der Waals surface area contributed by atoms with Crippen molar-refractivity contribution in [3.63, 3.8) is 0 Å². The molecule has 0 aliphatic rings. The third-order valence-electron chi connectivity index (χ3n) is 4.00. The standard InChI is InChI=1S/C20H20BrN3O/c1-14(2)24-13-16(18-5-3-4-6-19(18)24)12-22-23-20(25)11-15-7-9-17(21)10-8-15/h3-10,12-14H,11H2,1-2H3,(H,23,25)/b22-12-. The number of fused-ring (bicyclic) bond motifs is 1. The van der Waals surface area contributed by atoms with Gasteiger partial charge in [0.15, 0.2) is 0 Å². The number of hydrazone groups is 1. The molecule has 0 atom stereocenters. The second-order valence-electron chi connectivity index (χ2n) is 6.20. The number of carbonyl (C=O) groups excluding carboxylic acids is 1. The Morgan fingerprint density at radius 2 is 1.92 bits per heavy atom. The quantitative estimate of drug-likeness (QED) is 0.493. The summed E-state index contributed by atoms with van der Waals surface area (Å²) in [6.07, 6.45) is 4.08. The summed E-state index contributed by atoms with van der Waals surface area (Å²) in [7, 11) is 0. The van der Waals surface area contributed by atoms with Crippen molar-refractivity contribution in [3.05, 3.63) is 70.3 Å². The maximum Gasteiger partial charge on any atom is 0.244 e. The minimum absolute atomic E-state index is 0.133. The van der Waals surface area contributed by atoms with Crippen LogP contribution in [0.2, 0.25) is 0 Å². The van der Waals surface area contributed by atoms with Gasteiger partial charge in [-0.25, -0.2) is 5.43 Å². The number of nitrogens with zero attached hydrogens (tertiary/aromatic N) is 2. The Labute approximate surface area is 155 Å². The lowest BCUT2D eigenvalue weighted by molar-refractivity contribution is -0.120. The Morgan fingerprint density at radius 3 is 2.64 bits per heavy atom. The molecule has 0 radical (unpaired) electrons. The number of benzene rings is 2. The van der Waals surface area contributed by atoms with Crippen molar-refractivity contribution in [2.24, 2.45) is 5.10 Å². The van der Waals surface area contributed by atoms with Gasteiger partial charge >= 0.3 is 0 Å². The fourth-order valence-corrected chi connectivity index (χ4v) is 3.03.